The molecule has 0 atom stereocenters. The van der Waals surface area contributed by atoms with Gasteiger partial charge in [-0.05, 0) is 18.6 Å². The van der Waals surface area contributed by atoms with Crippen LogP contribution in [0.25, 0.3) is 21.9 Å². The van der Waals surface area contributed by atoms with Gasteiger partial charge in [0.15, 0.2) is 23.9 Å². The van der Waals surface area contributed by atoms with Gasteiger partial charge in [-0.25, -0.2) is 14.8 Å². The van der Waals surface area contributed by atoms with Crippen molar-refractivity contribution in [1.29, 1.82) is 0 Å². The standard InChI is InChI=1S/C28H32ClN5O6.ClH/c1-38-14-11-22-32-25-26(19-8-3-4-9-20(19)31-28(25)30)34(22)13-6-12-33(23(35)15-29)16-18-7-5-10-21(27(18)39-2)40-17-24(36)37;/h3-5,7-10H,6,11-17H2,1-2H3,(H2,30,31)(H,36,37);1H. The number of ether oxygens (including phenoxy) is 3. The number of aromatic nitrogens is 3. The van der Waals surface area contributed by atoms with E-state index in [0.29, 0.717) is 55.2 Å². The van der Waals surface area contributed by atoms with E-state index in [9.17, 15) is 9.59 Å². The lowest BCUT2D eigenvalue weighted by Crippen LogP contribution is -2.33. The Hall–Kier alpha value is -3.80. The van der Waals surface area contributed by atoms with Crippen LogP contribution in [-0.2, 0) is 33.8 Å². The van der Waals surface area contributed by atoms with Crippen molar-refractivity contribution in [3.05, 3.63) is 53.9 Å². The molecule has 11 nitrogen and oxygen atoms in total. The number of carboxylic acid groups (broad SMARTS) is 1. The quantitative estimate of drug-likeness (QED) is 0.204. The monoisotopic (exact) mass is 605 g/mol. The zero-order chi connectivity index (χ0) is 28.6. The highest BCUT2D eigenvalue weighted by Crippen LogP contribution is 2.32. The molecule has 0 aliphatic rings. The second-order valence-corrected chi connectivity index (χ2v) is 9.33. The molecular formula is C28H33Cl2N5O6. The van der Waals surface area contributed by atoms with E-state index in [2.05, 4.69) is 9.55 Å². The summed E-state index contributed by atoms with van der Waals surface area (Å²) in [6, 6.07) is 12.9. The van der Waals surface area contributed by atoms with E-state index in [1.807, 2.05) is 24.3 Å². The van der Waals surface area contributed by atoms with Gasteiger partial charge in [0.05, 0.1) is 24.8 Å². The summed E-state index contributed by atoms with van der Waals surface area (Å²) in [5.41, 5.74) is 9.28. The zero-order valence-corrected chi connectivity index (χ0v) is 24.4. The van der Waals surface area contributed by atoms with Crippen molar-refractivity contribution in [3.8, 4) is 11.5 Å². The van der Waals surface area contributed by atoms with Gasteiger partial charge in [0.2, 0.25) is 5.91 Å². The van der Waals surface area contributed by atoms with Crippen molar-refractivity contribution in [1.82, 2.24) is 19.4 Å². The van der Waals surface area contributed by atoms with Crippen molar-refractivity contribution >= 4 is 63.6 Å². The fourth-order valence-electron chi connectivity index (χ4n) is 4.70. The molecule has 0 spiro atoms. The first-order valence-corrected chi connectivity index (χ1v) is 13.3. The average Bonchev–Trinajstić information content (AvgIpc) is 3.33. The molecule has 41 heavy (non-hydrogen) atoms. The highest BCUT2D eigenvalue weighted by atomic mass is 35.5. The van der Waals surface area contributed by atoms with Crippen LogP contribution in [0.5, 0.6) is 11.5 Å². The van der Waals surface area contributed by atoms with Gasteiger partial charge >= 0.3 is 5.97 Å². The number of aryl methyl sites for hydroxylation is 1. The van der Waals surface area contributed by atoms with E-state index < -0.39 is 12.6 Å². The Labute approximate surface area is 248 Å². The molecule has 4 rings (SSSR count). The summed E-state index contributed by atoms with van der Waals surface area (Å²) in [5, 5.41) is 9.93. The molecular weight excluding hydrogens is 573 g/mol. The van der Waals surface area contributed by atoms with E-state index in [4.69, 9.17) is 41.6 Å². The predicted octanol–water partition coefficient (Wildman–Crippen LogP) is 3.91. The summed E-state index contributed by atoms with van der Waals surface area (Å²) in [4.78, 5) is 34.8. The Balaban J connectivity index is 0.00000462. The van der Waals surface area contributed by atoms with Gasteiger partial charge in [0.25, 0.3) is 0 Å². The predicted molar refractivity (Wildman–Crippen MR) is 159 cm³/mol. The van der Waals surface area contributed by atoms with Gasteiger partial charge in [-0.1, -0.05) is 30.3 Å². The Morgan fingerprint density at radius 2 is 1.90 bits per heavy atom. The maximum atomic E-state index is 12.8. The molecule has 220 valence electrons. The Morgan fingerprint density at radius 1 is 1.12 bits per heavy atom. The second kappa shape index (κ2) is 14.7. The fourth-order valence-corrected chi connectivity index (χ4v) is 4.87. The Morgan fingerprint density at radius 3 is 2.61 bits per heavy atom. The Bertz CT molecular complexity index is 1510. The van der Waals surface area contributed by atoms with Gasteiger partial charge in [-0.2, -0.15) is 0 Å². The summed E-state index contributed by atoms with van der Waals surface area (Å²) in [6.45, 7) is 1.15. The number of halogens is 2. The van der Waals surface area contributed by atoms with Gasteiger partial charge < -0.3 is 34.5 Å². The van der Waals surface area contributed by atoms with E-state index in [1.54, 1.807) is 30.2 Å². The number of nitrogens with two attached hydrogens (primary N) is 1. The smallest absolute Gasteiger partial charge is 0.341 e. The normalized spacial score (nSPS) is 10.9. The highest BCUT2D eigenvalue weighted by molar-refractivity contribution is 6.27. The molecule has 2 aromatic carbocycles. The lowest BCUT2D eigenvalue weighted by Gasteiger charge is -2.24. The van der Waals surface area contributed by atoms with Crippen LogP contribution in [0.3, 0.4) is 0 Å². The summed E-state index contributed by atoms with van der Waals surface area (Å²) < 4.78 is 18.3. The number of benzene rings is 2. The largest absolute Gasteiger partial charge is 0.493 e. The molecule has 0 aliphatic heterocycles. The number of alkyl halides is 1. The first kappa shape index (κ1) is 31.7. The van der Waals surface area contributed by atoms with E-state index >= 15 is 0 Å². The van der Waals surface area contributed by atoms with Gasteiger partial charge in [-0.15, -0.1) is 24.0 Å². The molecule has 0 saturated heterocycles. The summed E-state index contributed by atoms with van der Waals surface area (Å²) in [6.07, 6.45) is 1.19. The molecule has 0 aliphatic carbocycles. The number of para-hydroxylation sites is 2. The van der Waals surface area contributed by atoms with Gasteiger partial charge in [-0.3, -0.25) is 4.79 Å². The van der Waals surface area contributed by atoms with Crippen LogP contribution in [-0.4, -0.2) is 76.3 Å². The zero-order valence-electron chi connectivity index (χ0n) is 22.8. The number of amides is 1. The number of aliphatic carboxylic acids is 1. The molecule has 0 radical (unpaired) electrons. The molecule has 4 aromatic rings. The number of rotatable bonds is 14. The molecule has 2 heterocycles. The molecule has 3 N–H and O–H groups in total. The fraction of sp³-hybridized carbons (Fsp3) is 0.357. The van der Waals surface area contributed by atoms with Crippen molar-refractivity contribution in [3.63, 3.8) is 0 Å². The van der Waals surface area contributed by atoms with Gasteiger partial charge in [0, 0.05) is 44.1 Å². The third-order valence-corrected chi connectivity index (χ3v) is 6.70. The molecule has 0 fully saturated rings. The van der Waals surface area contributed by atoms with Crippen LogP contribution in [0, 0.1) is 0 Å². The number of carbonyl (C=O) groups excluding carboxylic acids is 1. The van der Waals surface area contributed by atoms with Gasteiger partial charge in [0.1, 0.15) is 17.2 Å². The van der Waals surface area contributed by atoms with Crippen molar-refractivity contribution < 1.29 is 28.9 Å². The maximum absolute atomic E-state index is 12.8. The minimum absolute atomic E-state index is 0. The number of nitrogens with zero attached hydrogens (tertiary/aromatic N) is 4. The van der Waals surface area contributed by atoms with Crippen LogP contribution in [0.15, 0.2) is 42.5 Å². The van der Waals surface area contributed by atoms with Crippen LogP contribution in [0.1, 0.15) is 17.8 Å². The first-order chi connectivity index (χ1) is 19.4. The third kappa shape index (κ3) is 7.29. The number of imidazole rings is 1. The lowest BCUT2D eigenvalue weighted by molar-refractivity contribution is -0.139. The molecule has 0 saturated carbocycles. The number of nitrogen functional groups attached to an aromatic ring is 1. The van der Waals surface area contributed by atoms with Crippen molar-refractivity contribution in [2.75, 3.05) is 45.6 Å². The average molecular weight is 607 g/mol. The van der Waals surface area contributed by atoms with Crippen molar-refractivity contribution in [2.45, 2.75) is 25.9 Å². The molecule has 1 amide bonds. The van der Waals surface area contributed by atoms with E-state index in [0.717, 1.165) is 22.2 Å². The topological polar surface area (TPSA) is 142 Å². The number of fused-ring (bicyclic) bond motifs is 3. The lowest BCUT2D eigenvalue weighted by atomic mass is 10.1. The summed E-state index contributed by atoms with van der Waals surface area (Å²) in [7, 11) is 3.11. The molecule has 13 heteroatoms. The van der Waals surface area contributed by atoms with E-state index in [-0.39, 0.29) is 36.5 Å². The number of anilines is 1. The minimum Gasteiger partial charge on any atom is -0.493 e. The Kier molecular flexibility index (Phi) is 11.4. The maximum Gasteiger partial charge on any atom is 0.341 e. The summed E-state index contributed by atoms with van der Waals surface area (Å²) >= 11 is 5.96. The number of pyridine rings is 1. The van der Waals surface area contributed by atoms with Crippen LogP contribution in [0.4, 0.5) is 5.82 Å². The first-order valence-electron chi connectivity index (χ1n) is 12.7. The minimum atomic E-state index is -1.10. The molecule has 2 aromatic heterocycles. The van der Waals surface area contributed by atoms with Crippen LogP contribution < -0.4 is 15.2 Å². The number of methoxy groups -OCH3 is 2. The number of hydrogen-bond donors (Lipinski definition) is 2. The molecule has 0 bridgehead atoms. The number of carboxylic acids is 1. The number of hydrogen-bond acceptors (Lipinski definition) is 8. The van der Waals surface area contributed by atoms with Crippen LogP contribution in [0.2, 0.25) is 0 Å². The van der Waals surface area contributed by atoms with E-state index in [1.165, 1.54) is 7.11 Å². The SMILES string of the molecule is COCCc1nc2c(N)nc3ccccc3c2n1CCCN(Cc1cccc(OCC(=O)O)c1OC)C(=O)CCl.Cl. The second-order valence-electron chi connectivity index (χ2n) is 9.07. The van der Waals surface area contributed by atoms with Crippen LogP contribution >= 0.6 is 24.0 Å². The summed E-state index contributed by atoms with van der Waals surface area (Å²) in [5.74, 6) is 0.309. The highest BCUT2D eigenvalue weighted by Gasteiger charge is 2.20. The third-order valence-electron chi connectivity index (χ3n) is 6.47. The van der Waals surface area contributed by atoms with Crippen molar-refractivity contribution in [2.24, 2.45) is 0 Å². The number of carbonyl (C=O) groups is 2. The molecule has 0 unspecified atom stereocenters.